The first-order valence-electron chi connectivity index (χ1n) is 34.6. The predicted molar refractivity (Wildman–Crippen MR) is 418 cm³/mol. The van der Waals surface area contributed by atoms with Crippen molar-refractivity contribution in [2.45, 2.75) is 90.9 Å². The number of aryl methyl sites for hydroxylation is 2. The van der Waals surface area contributed by atoms with Crippen molar-refractivity contribution in [3.8, 4) is 0 Å². The first-order valence-corrected chi connectivity index (χ1v) is 41.7. The third-order valence-electron chi connectivity index (χ3n) is 20.1. The fourth-order valence-electron chi connectivity index (χ4n) is 14.2. The van der Waals surface area contributed by atoms with Gasteiger partial charge in [-0.3, -0.25) is 43.2 Å². The highest BCUT2D eigenvalue weighted by atomic mass is 32.2. The minimum Gasteiger partial charge on any atom is -0.369 e. The number of amides is 3. The summed E-state index contributed by atoms with van der Waals surface area (Å²) in [6.45, 7) is 13.8. The first kappa shape index (κ1) is 75.3. The lowest BCUT2D eigenvalue weighted by molar-refractivity contribution is -0.137. The van der Waals surface area contributed by atoms with Gasteiger partial charge in [-0.05, 0) is 197 Å². The van der Waals surface area contributed by atoms with Crippen LogP contribution in [0.3, 0.4) is 0 Å². The van der Waals surface area contributed by atoms with Gasteiger partial charge in [-0.2, -0.15) is 13.2 Å². The number of aromatic nitrogens is 3. The van der Waals surface area contributed by atoms with E-state index in [4.69, 9.17) is 0 Å². The molecule has 33 heteroatoms. The van der Waals surface area contributed by atoms with Gasteiger partial charge in [-0.15, -0.1) is 34.0 Å². The number of carbonyl (C=O) groups excluding carboxylic acids is 3. The number of nitrogens with zero attached hydrogens (tertiary/aromatic N) is 11. The van der Waals surface area contributed by atoms with Crippen molar-refractivity contribution in [3.05, 3.63) is 202 Å². The second-order valence-electron chi connectivity index (χ2n) is 26.4. The zero-order valence-corrected chi connectivity index (χ0v) is 62.7. The third-order valence-corrected chi connectivity index (χ3v) is 26.6. The van der Waals surface area contributed by atoms with Crippen LogP contribution in [0.4, 0.5) is 61.4 Å². The predicted octanol–water partition coefficient (Wildman–Crippen LogP) is 12.9. The number of carbonyl (C=O) groups is 3. The lowest BCUT2D eigenvalue weighted by Crippen LogP contribution is -2.52. The van der Waals surface area contributed by atoms with Gasteiger partial charge in [0.05, 0.1) is 38.4 Å². The molecule has 6 aliphatic heterocycles. The van der Waals surface area contributed by atoms with E-state index >= 15 is 0 Å². The lowest BCUT2D eigenvalue weighted by Gasteiger charge is -2.38. The number of piperazine rings is 2. The van der Waals surface area contributed by atoms with E-state index in [1.807, 2.05) is 6.07 Å². The molecule has 0 spiro atoms. The van der Waals surface area contributed by atoms with Crippen LogP contribution in [0.25, 0.3) is 0 Å². The smallest absolute Gasteiger partial charge is 0.369 e. The van der Waals surface area contributed by atoms with Gasteiger partial charge < -0.3 is 24.5 Å². The Kier molecular flexibility index (Phi) is 22.9. The molecule has 3 aromatic heterocycles. The maximum atomic E-state index is 13.5. The number of halogens is 4. The summed E-state index contributed by atoms with van der Waals surface area (Å²) in [6.07, 6.45) is 3.93. The molecule has 6 aliphatic rings. The number of sulfonamides is 3. The van der Waals surface area contributed by atoms with Crippen LogP contribution in [0.15, 0.2) is 189 Å². The molecular weight excluding hydrogens is 1490 g/mol. The summed E-state index contributed by atoms with van der Waals surface area (Å²) in [5.74, 6) is -0.000629. The molecule has 570 valence electrons. The normalized spacial score (nSPS) is 19.6. The number of benzene rings is 6. The molecule has 106 heavy (non-hydrogen) atoms. The number of rotatable bonds is 18. The van der Waals surface area contributed by atoms with Gasteiger partial charge in [-0.1, -0.05) is 24.3 Å². The quantitative estimate of drug-likeness (QED) is 0.0675. The molecule has 23 nitrogen and oxygen atoms in total. The van der Waals surface area contributed by atoms with Crippen LogP contribution in [-0.2, 0) is 50.6 Å². The number of hydrogen-bond donors (Lipinski definition) is 3. The van der Waals surface area contributed by atoms with E-state index < -0.39 is 41.8 Å². The number of hydrogen-bond acceptors (Lipinski definition) is 20. The molecule has 9 heterocycles. The standard InChI is InChI=1S/C25H25F3N4O3S2.C25H29N5O3S2.C23H24FN5O3S2.6H2/c26-25(27,28)19-3-1-17(2-4-19)18-9-13-31(14-10-18)22-11-15-32(23(22)33)20-5-7-21(8-6-20)37(34,35)30-24-29-12-16-36-24;1-18-3-4-21(17-19(18)2)28-12-14-29(15-13-28)23-9-11-30(24(23)31)20-5-7-22(8-6-20)35(32,33)27-25-26-10-16-34-25;24-17-2-1-3-19(16-17)27-11-13-28(14-12-27)21-8-10-29(22(21)30)18-4-6-20(7-5-18)34(31,32)26-23-25-9-15-33-23;;;;;;/h1-8,12,16,18,22H,9-11,13-15H2,(H,29,30);3-8,10,16-17,23H,9,11-15H2,1-2H3,(H,26,27);1-7,9,15-16,21H,8,10-14H2,(H,25,26);6*1H/t22-;23-;21-;;;;;;/m000....../s1. The van der Waals surface area contributed by atoms with E-state index in [1.165, 1.54) is 112 Å². The van der Waals surface area contributed by atoms with E-state index in [2.05, 4.69) is 85.7 Å². The molecule has 0 aliphatic carbocycles. The minimum atomic E-state index is -4.34. The number of likely N-dealkylation sites (tertiary alicyclic amines) is 1. The number of piperidine rings is 1. The van der Waals surface area contributed by atoms with E-state index in [1.54, 1.807) is 91.6 Å². The average molecular weight is 1580 g/mol. The van der Waals surface area contributed by atoms with E-state index in [0.29, 0.717) is 67.2 Å². The second-order valence-corrected chi connectivity index (χ2v) is 34.1. The molecule has 15 rings (SSSR count). The van der Waals surface area contributed by atoms with Gasteiger partial charge in [0.1, 0.15) is 5.82 Å². The Morgan fingerprint density at radius 3 is 1.11 bits per heavy atom. The van der Waals surface area contributed by atoms with Crippen molar-refractivity contribution in [1.29, 1.82) is 0 Å². The number of anilines is 8. The Labute approximate surface area is 634 Å². The highest BCUT2D eigenvalue weighted by Gasteiger charge is 2.42. The fourth-order valence-corrected chi connectivity index (χ4v) is 19.6. The molecule has 6 saturated heterocycles. The summed E-state index contributed by atoms with van der Waals surface area (Å²) in [5.41, 5.74) is 6.98. The van der Waals surface area contributed by atoms with E-state index in [9.17, 15) is 57.2 Å². The minimum absolute atomic E-state index is 0. The van der Waals surface area contributed by atoms with Crippen LogP contribution in [0.1, 0.15) is 68.8 Å². The first-order chi connectivity index (χ1) is 50.8. The van der Waals surface area contributed by atoms with Crippen LogP contribution in [-0.4, -0.2) is 176 Å². The van der Waals surface area contributed by atoms with Crippen LogP contribution in [0.2, 0.25) is 0 Å². The summed E-state index contributed by atoms with van der Waals surface area (Å²) in [6, 6.07) is 37.0. The Bertz CT molecular complexity index is 4910. The highest BCUT2D eigenvalue weighted by Crippen LogP contribution is 2.37. The van der Waals surface area contributed by atoms with Crippen LogP contribution in [0.5, 0.6) is 0 Å². The summed E-state index contributed by atoms with van der Waals surface area (Å²) in [7, 11) is -11.2. The van der Waals surface area contributed by atoms with Crippen molar-refractivity contribution in [3.63, 3.8) is 0 Å². The van der Waals surface area contributed by atoms with Gasteiger partial charge in [0, 0.05) is 144 Å². The number of nitrogens with one attached hydrogen (secondary N) is 3. The molecule has 0 radical (unpaired) electrons. The summed E-state index contributed by atoms with van der Waals surface area (Å²) >= 11 is 3.61. The number of thiazole rings is 3. The maximum Gasteiger partial charge on any atom is 0.416 e. The summed E-state index contributed by atoms with van der Waals surface area (Å²) in [4.78, 5) is 68.2. The molecule has 6 aromatic carbocycles. The van der Waals surface area contributed by atoms with Crippen molar-refractivity contribution < 1.29 is 65.8 Å². The zero-order chi connectivity index (χ0) is 74.5. The molecule has 0 unspecified atom stereocenters. The van der Waals surface area contributed by atoms with Gasteiger partial charge in [0.15, 0.2) is 15.4 Å². The fraction of sp³-hybridized carbons (Fsp3) is 0.342. The van der Waals surface area contributed by atoms with Gasteiger partial charge in [0.25, 0.3) is 30.1 Å². The molecule has 9 aromatic rings. The monoisotopic (exact) mass is 1570 g/mol. The molecular formula is C73H90F4N14O9S6. The summed E-state index contributed by atoms with van der Waals surface area (Å²) < 4.78 is 135. The lowest BCUT2D eigenvalue weighted by atomic mass is 9.88. The van der Waals surface area contributed by atoms with Gasteiger partial charge in [-0.25, -0.2) is 44.6 Å². The Morgan fingerprint density at radius 2 is 0.774 bits per heavy atom. The number of alkyl halides is 3. The molecule has 6 fully saturated rings. The van der Waals surface area contributed by atoms with Crippen LogP contribution < -0.4 is 38.7 Å². The third kappa shape index (κ3) is 17.5. The largest absolute Gasteiger partial charge is 0.416 e. The van der Waals surface area contributed by atoms with E-state index in [0.717, 1.165) is 101 Å². The topological polar surface area (TPSA) is 254 Å². The summed E-state index contributed by atoms with van der Waals surface area (Å²) in [5, 5.41) is 5.98. The van der Waals surface area contributed by atoms with Crippen LogP contribution in [0, 0.1) is 19.7 Å². The molecule has 3 atom stereocenters. The maximum absolute atomic E-state index is 13.5. The Hall–Kier alpha value is -8.93. The highest BCUT2D eigenvalue weighted by molar-refractivity contribution is 7.93. The van der Waals surface area contributed by atoms with Gasteiger partial charge in [0.2, 0.25) is 17.7 Å². The SMILES string of the molecule is Cc1ccc(N2CCN([C@H]3CCN(c4ccc(S(=O)(=O)Nc5nccs5)cc4)C3=O)CC2)cc1C.O=C1[C@@H](N2CCC(c3ccc(C(F)(F)F)cc3)CC2)CCN1c1ccc(S(=O)(=O)Nc2nccs2)cc1.O=C1[C@@H](N2CCN(c3cccc(F)c3)CC2)CCN1c1ccc(S(=O)(=O)Nc2nccs2)cc1.[HH].[HH].[HH].[HH].[HH].[HH]. The van der Waals surface area contributed by atoms with Gasteiger partial charge >= 0.3 is 6.18 Å². The van der Waals surface area contributed by atoms with Crippen molar-refractivity contribution in [2.75, 3.05) is 124 Å². The molecule has 3 amide bonds. The molecule has 3 N–H and O–H groups in total. The average Bonchev–Trinajstić information content (AvgIpc) is 1.65. The Balaban J connectivity index is 0.000000227. The van der Waals surface area contributed by atoms with Crippen molar-refractivity contribution in [2.24, 2.45) is 0 Å². The molecule has 0 bridgehead atoms. The molecule has 0 saturated carbocycles. The second kappa shape index (κ2) is 32.3. The van der Waals surface area contributed by atoms with Crippen LogP contribution >= 0.6 is 34.0 Å². The van der Waals surface area contributed by atoms with Crippen molar-refractivity contribution >= 4 is 126 Å². The van der Waals surface area contributed by atoms with Crippen molar-refractivity contribution in [1.82, 2.24) is 29.7 Å². The zero-order valence-electron chi connectivity index (χ0n) is 57.8. The Morgan fingerprint density at radius 1 is 0.415 bits per heavy atom. The van der Waals surface area contributed by atoms with E-state index in [-0.39, 0.29) is 76.0 Å².